The fraction of sp³-hybridized carbons (Fsp3) is 0.267. The molecule has 3 nitrogen and oxygen atoms in total. The second-order valence-electron chi connectivity index (χ2n) is 4.70. The van der Waals surface area contributed by atoms with Gasteiger partial charge in [0.1, 0.15) is 6.61 Å². The molecule has 0 fully saturated rings. The van der Waals surface area contributed by atoms with Gasteiger partial charge in [-0.15, -0.1) is 0 Å². The molecule has 5 heteroatoms. The topological polar surface area (TPSA) is 48.1 Å². The van der Waals surface area contributed by atoms with Gasteiger partial charge in [0.25, 0.3) is 0 Å². The van der Waals surface area contributed by atoms with Gasteiger partial charge < -0.3 is 10.5 Å². The number of hydrogen-bond donors (Lipinski definition) is 1. The average molecular weight is 295 g/mol. The summed E-state index contributed by atoms with van der Waals surface area (Å²) in [6.07, 6.45) is 3.78. The van der Waals surface area contributed by atoms with Gasteiger partial charge in [0.2, 0.25) is 0 Å². The van der Waals surface area contributed by atoms with E-state index in [1.165, 1.54) is 12.3 Å². The maximum absolute atomic E-state index is 13.9. The minimum absolute atomic E-state index is 0.00297. The van der Waals surface area contributed by atoms with Crippen LogP contribution in [0.5, 0.6) is 5.75 Å². The molecule has 1 atom stereocenters. The second-order valence-corrected chi connectivity index (χ2v) is 5.11. The Hall–Kier alpha value is -1.65. The van der Waals surface area contributed by atoms with Crippen LogP contribution in [-0.2, 0) is 13.0 Å². The smallest absolute Gasteiger partial charge is 0.165 e. The molecule has 1 aromatic carbocycles. The summed E-state index contributed by atoms with van der Waals surface area (Å²) < 4.78 is 19.3. The van der Waals surface area contributed by atoms with Crippen LogP contribution >= 0.6 is 11.6 Å². The molecule has 0 aliphatic rings. The highest BCUT2D eigenvalue weighted by molar-refractivity contribution is 6.31. The van der Waals surface area contributed by atoms with Crippen molar-refractivity contribution in [1.29, 1.82) is 0 Å². The minimum atomic E-state index is -0.395. The molecule has 0 aliphatic heterocycles. The quantitative estimate of drug-likeness (QED) is 0.920. The summed E-state index contributed by atoms with van der Waals surface area (Å²) in [5.41, 5.74) is 7.31. The van der Waals surface area contributed by atoms with E-state index < -0.39 is 5.82 Å². The molecule has 20 heavy (non-hydrogen) atoms. The Labute approximate surface area is 122 Å². The third-order valence-corrected chi connectivity index (χ3v) is 3.13. The number of ether oxygens (including phenoxy) is 1. The maximum atomic E-state index is 13.9. The van der Waals surface area contributed by atoms with Gasteiger partial charge in [0, 0.05) is 24.0 Å². The highest BCUT2D eigenvalue weighted by Gasteiger charge is 2.08. The molecule has 0 bridgehead atoms. The van der Waals surface area contributed by atoms with E-state index in [0.717, 1.165) is 11.1 Å². The second kappa shape index (κ2) is 6.68. The molecular formula is C15H16ClFN2O. The molecule has 0 aliphatic carbocycles. The number of aromatic nitrogens is 1. The average Bonchev–Trinajstić information content (AvgIpc) is 2.39. The Morgan fingerprint density at radius 3 is 2.85 bits per heavy atom. The molecule has 0 saturated carbocycles. The molecule has 1 aromatic heterocycles. The molecule has 1 unspecified atom stereocenters. The first-order valence-corrected chi connectivity index (χ1v) is 6.69. The number of rotatable bonds is 5. The fourth-order valence-electron chi connectivity index (χ4n) is 1.84. The fourth-order valence-corrected chi connectivity index (χ4v) is 2.01. The zero-order chi connectivity index (χ0) is 14.5. The Morgan fingerprint density at radius 1 is 1.40 bits per heavy atom. The lowest BCUT2D eigenvalue weighted by Gasteiger charge is -2.10. The van der Waals surface area contributed by atoms with Crippen LogP contribution in [0, 0.1) is 5.82 Å². The van der Waals surface area contributed by atoms with E-state index in [1.54, 1.807) is 18.3 Å². The third kappa shape index (κ3) is 3.92. The lowest BCUT2D eigenvalue weighted by atomic mass is 10.1. The van der Waals surface area contributed by atoms with Crippen molar-refractivity contribution >= 4 is 11.6 Å². The molecule has 106 valence electrons. The predicted molar refractivity (Wildman–Crippen MR) is 77.3 cm³/mol. The molecule has 0 saturated heterocycles. The van der Waals surface area contributed by atoms with Crippen molar-refractivity contribution in [2.24, 2.45) is 5.73 Å². The summed E-state index contributed by atoms with van der Waals surface area (Å²) in [6.45, 7) is 2.08. The summed E-state index contributed by atoms with van der Waals surface area (Å²) in [5, 5.41) is 0.501. The van der Waals surface area contributed by atoms with E-state index in [4.69, 9.17) is 22.1 Å². The highest BCUT2D eigenvalue weighted by Crippen LogP contribution is 2.22. The monoisotopic (exact) mass is 294 g/mol. The van der Waals surface area contributed by atoms with Crippen LogP contribution in [0.4, 0.5) is 4.39 Å². The molecule has 2 N–H and O–H groups in total. The van der Waals surface area contributed by atoms with E-state index in [-0.39, 0.29) is 18.4 Å². The van der Waals surface area contributed by atoms with Gasteiger partial charge in [-0.05, 0) is 37.1 Å². The minimum Gasteiger partial charge on any atom is -0.486 e. The van der Waals surface area contributed by atoms with Crippen molar-refractivity contribution in [3.05, 3.63) is 58.6 Å². The number of benzene rings is 1. The van der Waals surface area contributed by atoms with Crippen LogP contribution in [0.3, 0.4) is 0 Å². The molecule has 0 amide bonds. The van der Waals surface area contributed by atoms with Gasteiger partial charge in [-0.2, -0.15) is 0 Å². The zero-order valence-electron chi connectivity index (χ0n) is 11.1. The summed E-state index contributed by atoms with van der Waals surface area (Å²) in [7, 11) is 0. The first kappa shape index (κ1) is 14.8. The van der Waals surface area contributed by atoms with Crippen LogP contribution in [-0.4, -0.2) is 11.0 Å². The van der Waals surface area contributed by atoms with Gasteiger partial charge in [0.05, 0.1) is 5.02 Å². The Balaban J connectivity index is 2.05. The lowest BCUT2D eigenvalue weighted by molar-refractivity contribution is 0.290. The Kier molecular flexibility index (Phi) is 4.93. The van der Waals surface area contributed by atoms with Gasteiger partial charge in [0.15, 0.2) is 11.6 Å². The largest absolute Gasteiger partial charge is 0.486 e. The summed E-state index contributed by atoms with van der Waals surface area (Å²) in [4.78, 5) is 3.88. The number of halogens is 2. The zero-order valence-corrected chi connectivity index (χ0v) is 11.9. The number of nitrogens with zero attached hydrogens (tertiary/aromatic N) is 1. The Bertz CT molecular complexity index is 590. The Morgan fingerprint density at radius 2 is 2.20 bits per heavy atom. The van der Waals surface area contributed by atoms with E-state index in [2.05, 4.69) is 4.98 Å². The standard InChI is InChI=1S/C15H16ClFN2O/c1-10(18)6-11-2-3-15(14(17)7-11)20-9-12-4-5-19-8-13(12)16/h2-5,7-8,10H,6,9,18H2,1H3. The van der Waals surface area contributed by atoms with Crippen LogP contribution in [0.15, 0.2) is 36.7 Å². The van der Waals surface area contributed by atoms with E-state index in [0.29, 0.717) is 11.4 Å². The van der Waals surface area contributed by atoms with Crippen molar-refractivity contribution in [2.45, 2.75) is 26.0 Å². The molecule has 0 spiro atoms. The molecule has 2 rings (SSSR count). The summed E-state index contributed by atoms with van der Waals surface area (Å²) in [5.74, 6) is -0.195. The summed E-state index contributed by atoms with van der Waals surface area (Å²) in [6, 6.07) is 6.62. The normalized spacial score (nSPS) is 12.2. The van der Waals surface area contributed by atoms with Crippen molar-refractivity contribution in [3.63, 3.8) is 0 Å². The molecular weight excluding hydrogens is 279 g/mol. The van der Waals surface area contributed by atoms with Crippen LogP contribution in [0.1, 0.15) is 18.1 Å². The predicted octanol–water partition coefficient (Wildman–Crippen LogP) is 3.34. The van der Waals surface area contributed by atoms with Gasteiger partial charge in [-0.3, -0.25) is 4.98 Å². The summed E-state index contributed by atoms with van der Waals surface area (Å²) >= 11 is 5.96. The maximum Gasteiger partial charge on any atom is 0.165 e. The third-order valence-electron chi connectivity index (χ3n) is 2.79. The SMILES string of the molecule is CC(N)Cc1ccc(OCc2ccncc2Cl)c(F)c1. The molecule has 2 aromatic rings. The van der Waals surface area contributed by atoms with Crippen molar-refractivity contribution in [2.75, 3.05) is 0 Å². The van der Waals surface area contributed by atoms with Crippen LogP contribution in [0.2, 0.25) is 5.02 Å². The van der Waals surface area contributed by atoms with E-state index in [1.807, 2.05) is 13.0 Å². The van der Waals surface area contributed by atoms with Crippen molar-refractivity contribution in [3.8, 4) is 5.75 Å². The van der Waals surface area contributed by atoms with E-state index >= 15 is 0 Å². The van der Waals surface area contributed by atoms with Gasteiger partial charge in [-0.25, -0.2) is 4.39 Å². The van der Waals surface area contributed by atoms with Crippen molar-refractivity contribution < 1.29 is 9.13 Å². The number of hydrogen-bond acceptors (Lipinski definition) is 3. The first-order valence-electron chi connectivity index (χ1n) is 6.31. The van der Waals surface area contributed by atoms with Gasteiger partial charge in [-0.1, -0.05) is 17.7 Å². The molecule has 1 heterocycles. The highest BCUT2D eigenvalue weighted by atomic mass is 35.5. The first-order chi connectivity index (χ1) is 9.56. The van der Waals surface area contributed by atoms with E-state index in [9.17, 15) is 4.39 Å². The van der Waals surface area contributed by atoms with Gasteiger partial charge >= 0.3 is 0 Å². The molecule has 0 radical (unpaired) electrons. The number of pyridine rings is 1. The van der Waals surface area contributed by atoms with Crippen molar-refractivity contribution in [1.82, 2.24) is 4.98 Å². The van der Waals surface area contributed by atoms with Crippen LogP contribution < -0.4 is 10.5 Å². The number of nitrogens with two attached hydrogens (primary N) is 1. The van der Waals surface area contributed by atoms with Crippen LogP contribution in [0.25, 0.3) is 0 Å². The lowest BCUT2D eigenvalue weighted by Crippen LogP contribution is -2.17.